The summed E-state index contributed by atoms with van der Waals surface area (Å²) >= 11 is 2.20. The number of carbonyl (C=O) groups excluding carboxylic acids is 1. The summed E-state index contributed by atoms with van der Waals surface area (Å²) in [7, 11) is 3.11. The molecule has 0 atom stereocenters. The third-order valence-corrected chi connectivity index (χ3v) is 2.84. The molecule has 2 rings (SSSR count). The number of benzene rings is 1. The molecule has 0 amide bonds. The van der Waals surface area contributed by atoms with Gasteiger partial charge in [0.1, 0.15) is 0 Å². The molecule has 1 heterocycles. The van der Waals surface area contributed by atoms with Gasteiger partial charge in [0.15, 0.2) is 5.69 Å². The van der Waals surface area contributed by atoms with Crippen LogP contribution in [-0.4, -0.2) is 22.9 Å². The van der Waals surface area contributed by atoms with Gasteiger partial charge < -0.3 is 4.74 Å². The highest BCUT2D eigenvalue weighted by molar-refractivity contribution is 14.1. The molecule has 78 valence electrons. The van der Waals surface area contributed by atoms with Crippen LogP contribution in [0.3, 0.4) is 0 Å². The van der Waals surface area contributed by atoms with Gasteiger partial charge in [-0.1, -0.05) is 0 Å². The van der Waals surface area contributed by atoms with Crippen molar-refractivity contribution < 1.29 is 9.53 Å². The van der Waals surface area contributed by atoms with Crippen LogP contribution < -0.4 is 0 Å². The third kappa shape index (κ3) is 1.71. The smallest absolute Gasteiger partial charge is 0.356 e. The summed E-state index contributed by atoms with van der Waals surface area (Å²) in [6.07, 6.45) is 0. The average Bonchev–Trinajstić information content (AvgIpc) is 2.52. The highest BCUT2D eigenvalue weighted by atomic mass is 127. The summed E-state index contributed by atoms with van der Waals surface area (Å²) in [5, 5.41) is 5.07. The van der Waals surface area contributed by atoms with Gasteiger partial charge in [0.25, 0.3) is 0 Å². The fourth-order valence-corrected chi connectivity index (χ4v) is 2.00. The van der Waals surface area contributed by atoms with Crippen LogP contribution in [0.15, 0.2) is 18.2 Å². The zero-order valence-corrected chi connectivity index (χ0v) is 10.5. The zero-order valence-electron chi connectivity index (χ0n) is 8.32. The van der Waals surface area contributed by atoms with E-state index >= 15 is 0 Å². The summed E-state index contributed by atoms with van der Waals surface area (Å²) < 4.78 is 7.34. The van der Waals surface area contributed by atoms with Gasteiger partial charge in [-0.25, -0.2) is 4.79 Å². The highest BCUT2D eigenvalue weighted by Crippen LogP contribution is 2.20. The molecule has 0 fully saturated rings. The van der Waals surface area contributed by atoms with Crippen LogP contribution >= 0.6 is 22.6 Å². The van der Waals surface area contributed by atoms with E-state index in [0.717, 1.165) is 14.5 Å². The molecular formula is C10H9IN2O2. The van der Waals surface area contributed by atoms with Crippen LogP contribution in [0.5, 0.6) is 0 Å². The van der Waals surface area contributed by atoms with Crippen molar-refractivity contribution in [1.29, 1.82) is 0 Å². The zero-order chi connectivity index (χ0) is 11.0. The average molecular weight is 316 g/mol. The van der Waals surface area contributed by atoms with E-state index < -0.39 is 0 Å². The molecule has 0 spiro atoms. The largest absolute Gasteiger partial charge is 0.464 e. The molecule has 1 aromatic heterocycles. The summed E-state index contributed by atoms with van der Waals surface area (Å²) in [5.74, 6) is -0.359. The van der Waals surface area contributed by atoms with Gasteiger partial charge in [-0.15, -0.1) is 0 Å². The molecule has 0 radical (unpaired) electrons. The summed E-state index contributed by atoms with van der Waals surface area (Å²) in [6.45, 7) is 0. The number of aromatic nitrogens is 2. The number of rotatable bonds is 1. The van der Waals surface area contributed by atoms with Gasteiger partial charge in [0.05, 0.1) is 12.6 Å². The van der Waals surface area contributed by atoms with E-state index in [1.165, 1.54) is 7.11 Å². The first kappa shape index (κ1) is 10.4. The second-order valence-electron chi connectivity index (χ2n) is 3.13. The molecule has 2 aromatic rings. The molecular weight excluding hydrogens is 307 g/mol. The molecule has 0 aliphatic heterocycles. The number of fused-ring (bicyclic) bond motifs is 1. The Bertz CT molecular complexity index is 533. The Labute approximate surface area is 100 Å². The van der Waals surface area contributed by atoms with Crippen molar-refractivity contribution >= 4 is 39.5 Å². The number of esters is 1. The number of aryl methyl sites for hydroxylation is 1. The van der Waals surface area contributed by atoms with Gasteiger partial charge in [-0.05, 0) is 40.8 Å². The monoisotopic (exact) mass is 316 g/mol. The Morgan fingerprint density at radius 1 is 1.53 bits per heavy atom. The first-order valence-electron chi connectivity index (χ1n) is 4.34. The van der Waals surface area contributed by atoms with Crippen LogP contribution in [-0.2, 0) is 11.8 Å². The van der Waals surface area contributed by atoms with Crippen molar-refractivity contribution in [3.05, 3.63) is 27.5 Å². The van der Waals surface area contributed by atoms with Gasteiger partial charge in [-0.2, -0.15) is 5.10 Å². The Hall–Kier alpha value is -1.11. The molecule has 1 aromatic carbocycles. The van der Waals surface area contributed by atoms with Crippen LogP contribution in [0.1, 0.15) is 10.5 Å². The number of carbonyl (C=O) groups is 1. The normalized spacial score (nSPS) is 10.6. The number of halogens is 1. The van der Waals surface area contributed by atoms with E-state index in [1.807, 2.05) is 18.2 Å². The minimum atomic E-state index is -0.359. The Kier molecular flexibility index (Phi) is 2.64. The first-order valence-corrected chi connectivity index (χ1v) is 5.42. The fraction of sp³-hybridized carbons (Fsp3) is 0.200. The minimum Gasteiger partial charge on any atom is -0.464 e. The van der Waals surface area contributed by atoms with E-state index in [0.29, 0.717) is 5.69 Å². The maximum atomic E-state index is 11.5. The van der Waals surface area contributed by atoms with E-state index in [4.69, 9.17) is 4.74 Å². The Morgan fingerprint density at radius 2 is 2.27 bits per heavy atom. The van der Waals surface area contributed by atoms with Gasteiger partial charge in [-0.3, -0.25) is 4.68 Å². The molecule has 0 saturated heterocycles. The maximum Gasteiger partial charge on any atom is 0.356 e. The number of hydrogen-bond donors (Lipinski definition) is 0. The molecule has 0 aliphatic carbocycles. The lowest BCUT2D eigenvalue weighted by molar-refractivity contribution is 0.0590. The minimum absolute atomic E-state index is 0.359. The predicted octanol–water partition coefficient (Wildman–Crippen LogP) is 1.96. The summed E-state index contributed by atoms with van der Waals surface area (Å²) in [5.41, 5.74) is 1.30. The van der Waals surface area contributed by atoms with E-state index in [-0.39, 0.29) is 5.97 Å². The summed E-state index contributed by atoms with van der Waals surface area (Å²) in [6, 6.07) is 5.77. The number of ether oxygens (including phenoxy) is 1. The molecule has 4 nitrogen and oxygen atoms in total. The van der Waals surface area contributed by atoms with E-state index in [9.17, 15) is 4.79 Å². The molecule has 0 aliphatic rings. The summed E-state index contributed by atoms with van der Waals surface area (Å²) in [4.78, 5) is 11.5. The van der Waals surface area contributed by atoms with Gasteiger partial charge in [0, 0.05) is 16.0 Å². The lowest BCUT2D eigenvalue weighted by atomic mass is 10.2. The fourth-order valence-electron chi connectivity index (χ4n) is 1.51. The lowest BCUT2D eigenvalue weighted by Crippen LogP contribution is -2.08. The van der Waals surface area contributed by atoms with Crippen molar-refractivity contribution in [2.75, 3.05) is 7.11 Å². The van der Waals surface area contributed by atoms with Crippen molar-refractivity contribution in [3.8, 4) is 0 Å². The first-order chi connectivity index (χ1) is 7.13. The highest BCUT2D eigenvalue weighted by Gasteiger charge is 2.16. The lowest BCUT2D eigenvalue weighted by Gasteiger charge is -1.99. The SMILES string of the molecule is COC(=O)c1c2cc(I)ccc2nn1C. The molecule has 0 bridgehead atoms. The van der Waals surface area contributed by atoms with Crippen molar-refractivity contribution in [3.63, 3.8) is 0 Å². The number of nitrogens with zero attached hydrogens (tertiary/aromatic N) is 2. The second-order valence-corrected chi connectivity index (χ2v) is 4.37. The van der Waals surface area contributed by atoms with Crippen LogP contribution in [0.2, 0.25) is 0 Å². The third-order valence-electron chi connectivity index (χ3n) is 2.17. The topological polar surface area (TPSA) is 44.1 Å². The van der Waals surface area contributed by atoms with Gasteiger partial charge >= 0.3 is 5.97 Å². The number of methoxy groups -OCH3 is 1. The Morgan fingerprint density at radius 3 is 2.93 bits per heavy atom. The Balaban J connectivity index is 2.76. The van der Waals surface area contributed by atoms with E-state index in [2.05, 4.69) is 27.7 Å². The standard InChI is InChI=1S/C10H9IN2O2/c1-13-9(10(14)15-2)7-5-6(11)3-4-8(7)12-13/h3-5H,1-2H3. The van der Waals surface area contributed by atoms with Crippen molar-refractivity contribution in [2.45, 2.75) is 0 Å². The molecule has 15 heavy (non-hydrogen) atoms. The van der Waals surface area contributed by atoms with Gasteiger partial charge in [0.2, 0.25) is 0 Å². The number of hydrogen-bond acceptors (Lipinski definition) is 3. The van der Waals surface area contributed by atoms with Crippen LogP contribution in [0.4, 0.5) is 0 Å². The van der Waals surface area contributed by atoms with Crippen molar-refractivity contribution in [1.82, 2.24) is 9.78 Å². The maximum absolute atomic E-state index is 11.5. The molecule has 0 N–H and O–H groups in total. The van der Waals surface area contributed by atoms with Crippen LogP contribution in [0.25, 0.3) is 10.9 Å². The van der Waals surface area contributed by atoms with Crippen LogP contribution in [0, 0.1) is 3.57 Å². The molecule has 0 unspecified atom stereocenters. The quantitative estimate of drug-likeness (QED) is 0.597. The molecule has 0 saturated carbocycles. The predicted molar refractivity (Wildman–Crippen MR) is 64.8 cm³/mol. The van der Waals surface area contributed by atoms with Crippen molar-refractivity contribution in [2.24, 2.45) is 7.05 Å². The molecule has 5 heteroatoms. The second kappa shape index (κ2) is 3.80. The van der Waals surface area contributed by atoms with E-state index in [1.54, 1.807) is 11.7 Å².